The number of likely N-dealkylation sites (N-methyl/N-ethyl adjacent to an activating group) is 1. The first-order valence-corrected chi connectivity index (χ1v) is 30.2. The van der Waals surface area contributed by atoms with Gasteiger partial charge in [-0.15, -0.1) is 0 Å². The molecule has 0 saturated carbocycles. The van der Waals surface area contributed by atoms with Crippen molar-refractivity contribution < 1.29 is 49.3 Å². The Hall–Kier alpha value is -3.29. The van der Waals surface area contributed by atoms with E-state index < -0.39 is 79.1 Å². The molecule has 1 amide bonds. The predicted molar refractivity (Wildman–Crippen MR) is 301 cm³/mol. The number of carbonyl (C=O) groups excluding carboxylic acids is 2. The van der Waals surface area contributed by atoms with Crippen LogP contribution in [0.3, 0.4) is 0 Å². The molecule has 74 heavy (non-hydrogen) atoms. The molecule has 0 radical (unpaired) electrons. The summed E-state index contributed by atoms with van der Waals surface area (Å²) in [5, 5.41) is 64.1. The number of nitrogens with zero attached hydrogens (tertiary/aromatic N) is 2. The van der Waals surface area contributed by atoms with Crippen LogP contribution in [0.15, 0.2) is 72.8 Å². The van der Waals surface area contributed by atoms with E-state index in [0.717, 1.165) is 51.1 Å². The number of aryl methyl sites for hydroxylation is 3. The third kappa shape index (κ3) is 15.3. The van der Waals surface area contributed by atoms with Crippen molar-refractivity contribution in [3.63, 3.8) is 0 Å². The van der Waals surface area contributed by atoms with Gasteiger partial charge in [0.25, 0.3) is 0 Å². The molecule has 0 aromatic heterocycles. The Kier molecular flexibility index (Phi) is 22.7. The summed E-state index contributed by atoms with van der Waals surface area (Å²) in [5.41, 5.74) is 0.243. The minimum Gasteiger partial charge on any atom is -0.388 e. The molecule has 2 aliphatic rings. The average Bonchev–Trinajstić information content (AvgIpc) is 3.34. The third-order valence-corrected chi connectivity index (χ3v) is 21.7. The molecular weight excluding hydrogens is 952 g/mol. The Balaban J connectivity index is 1.25. The van der Waals surface area contributed by atoms with Gasteiger partial charge in [-0.25, -0.2) is 0 Å². The summed E-state index contributed by atoms with van der Waals surface area (Å²) in [4.78, 5) is 31.7. The van der Waals surface area contributed by atoms with Crippen LogP contribution in [0, 0.1) is 38.5 Å². The molecule has 2 aliphatic heterocycles. The average molecular weight is 1050 g/mol. The number of unbranched alkanes of at least 4 members (excludes halogenated alkanes) is 7. The number of benzene rings is 3. The van der Waals surface area contributed by atoms with Gasteiger partial charge in [0.1, 0.15) is 23.9 Å². The van der Waals surface area contributed by atoms with Crippen LogP contribution in [-0.4, -0.2) is 140 Å². The van der Waals surface area contributed by atoms with Crippen LogP contribution in [0.4, 0.5) is 0 Å². The number of ether oxygens (including phenoxy) is 3. The van der Waals surface area contributed by atoms with E-state index in [-0.39, 0.29) is 49.8 Å². The molecule has 0 aliphatic carbocycles. The van der Waals surface area contributed by atoms with Crippen LogP contribution in [-0.2, 0) is 23.8 Å². The van der Waals surface area contributed by atoms with Crippen LogP contribution >= 0.6 is 7.26 Å². The minimum atomic E-state index is -2.34. The van der Waals surface area contributed by atoms with Gasteiger partial charge in [0.15, 0.2) is 6.29 Å². The van der Waals surface area contributed by atoms with Gasteiger partial charge in [-0.2, -0.15) is 0 Å². The molecule has 2 fully saturated rings. The summed E-state index contributed by atoms with van der Waals surface area (Å²) in [7, 11) is 1.40. The van der Waals surface area contributed by atoms with Gasteiger partial charge in [-0.05, 0) is 73.9 Å². The molecule has 0 bridgehead atoms. The van der Waals surface area contributed by atoms with E-state index >= 15 is 0 Å². The van der Waals surface area contributed by atoms with Gasteiger partial charge < -0.3 is 44.6 Å². The van der Waals surface area contributed by atoms with Gasteiger partial charge in [0.05, 0.1) is 35.9 Å². The van der Waals surface area contributed by atoms with E-state index in [1.807, 2.05) is 32.8 Å². The first kappa shape index (κ1) is 61.6. The second kappa shape index (κ2) is 27.3. The Bertz CT molecular complexity index is 2130. The monoisotopic (exact) mass is 1050 g/mol. The van der Waals surface area contributed by atoms with E-state index in [2.05, 4.69) is 93.6 Å². The summed E-state index contributed by atoms with van der Waals surface area (Å²) in [5.74, 6) is -3.34. The van der Waals surface area contributed by atoms with Crippen molar-refractivity contribution in [3.8, 4) is 0 Å². The molecule has 5 N–H and O–H groups in total. The van der Waals surface area contributed by atoms with E-state index in [0.29, 0.717) is 12.8 Å². The second-order valence-corrected chi connectivity index (χ2v) is 27.6. The largest absolute Gasteiger partial charge is 0.388 e. The Morgan fingerprint density at radius 3 is 1.76 bits per heavy atom. The fourth-order valence-corrected chi connectivity index (χ4v) is 17.6. The van der Waals surface area contributed by atoms with E-state index in [4.69, 9.17) is 14.2 Å². The summed E-state index contributed by atoms with van der Waals surface area (Å²) >= 11 is 0. The second-order valence-electron chi connectivity index (χ2n) is 23.6. The van der Waals surface area contributed by atoms with E-state index in [1.165, 1.54) is 46.5 Å². The normalized spacial score (nSPS) is 32.1. The first-order chi connectivity index (χ1) is 34.8. The first-order valence-electron chi connectivity index (χ1n) is 28.0. The number of hydrogen-bond donors (Lipinski definition) is 5. The van der Waals surface area contributed by atoms with E-state index in [9.17, 15) is 35.1 Å². The Morgan fingerprint density at radius 2 is 1.27 bits per heavy atom. The molecule has 2 saturated heterocycles. The molecular formula is C61H97N2O10P. The zero-order valence-corrected chi connectivity index (χ0v) is 48.4. The number of amides is 1. The van der Waals surface area contributed by atoms with Crippen molar-refractivity contribution in [2.24, 2.45) is 17.8 Å². The van der Waals surface area contributed by atoms with Gasteiger partial charge in [0.2, 0.25) is 0 Å². The SMILES string of the molecule is CC[C@H]1OC(=O)[C@H](C)[C@@H](O)[C@H](C)[C@@H](O[C@@H]2O[C@H](C)C[C@H](N(C)C)[C@H]2O)[C@](C)(O)C[C@@H](C)CN(C(=O)CCCCCCCCCC[PH](c2cccc(C)c2)(c2cccc(C)c2)c2cccc(C)c2)[C@H](C)[C@@H](O)[C@]1(C)O. The number of carbonyl (C=O) groups is 2. The van der Waals surface area contributed by atoms with Crippen LogP contribution < -0.4 is 15.9 Å². The van der Waals surface area contributed by atoms with Gasteiger partial charge in [-0.1, -0.05) is 20.8 Å². The molecule has 416 valence electrons. The molecule has 5 rings (SSSR count). The molecule has 3 aromatic carbocycles. The zero-order chi connectivity index (χ0) is 54.7. The molecule has 3 aromatic rings. The number of esters is 1. The van der Waals surface area contributed by atoms with Gasteiger partial charge in [-0.3, -0.25) is 4.79 Å². The van der Waals surface area contributed by atoms with Crippen molar-refractivity contribution in [1.82, 2.24) is 9.80 Å². The van der Waals surface area contributed by atoms with Crippen molar-refractivity contribution in [3.05, 3.63) is 89.5 Å². The summed E-state index contributed by atoms with van der Waals surface area (Å²) in [6.45, 7) is 20.2. The van der Waals surface area contributed by atoms with Gasteiger partial charge >= 0.3 is 219 Å². The topological polar surface area (TPSA) is 169 Å². The van der Waals surface area contributed by atoms with Crippen molar-refractivity contribution in [2.45, 2.75) is 219 Å². The number of aliphatic hydroxyl groups excluding tert-OH is 3. The molecule has 2 heterocycles. The van der Waals surface area contributed by atoms with Crippen molar-refractivity contribution in [1.29, 1.82) is 0 Å². The predicted octanol–water partition coefficient (Wildman–Crippen LogP) is 8.03. The fourth-order valence-electron chi connectivity index (χ4n) is 12.4. The summed E-state index contributed by atoms with van der Waals surface area (Å²) in [6.07, 6.45) is 2.66. The maximum absolute atomic E-state index is 14.4. The van der Waals surface area contributed by atoms with Crippen LogP contribution in [0.1, 0.15) is 149 Å². The third-order valence-electron chi connectivity index (χ3n) is 16.7. The van der Waals surface area contributed by atoms with Crippen molar-refractivity contribution >= 4 is 35.1 Å². The maximum atomic E-state index is 14.4. The Labute approximate surface area is 445 Å². The van der Waals surface area contributed by atoms with E-state index in [1.54, 1.807) is 32.6 Å². The maximum Gasteiger partial charge on any atom is 0.126 e. The summed E-state index contributed by atoms with van der Waals surface area (Å²) in [6, 6.07) is 26.4. The van der Waals surface area contributed by atoms with Crippen molar-refractivity contribution in [2.75, 3.05) is 26.8 Å². The van der Waals surface area contributed by atoms with Crippen LogP contribution in [0.25, 0.3) is 0 Å². The standard InChI is InChI=1S/C61H97N2O10P/c1-14-52-61(11,70)56(67)47(9)63(39-43(5)38-60(10,69)57(45(7)54(65)46(8)58(68)72-52)73-59-55(66)51(62(12)13)37-44(6)71-59)53(64)32-21-19-17-15-16-18-20-22-33-74(48-29-23-26-40(2)34-48,49-30-24-27-41(3)35-49)50-31-25-28-42(4)36-50/h23-31,34-36,43-47,51-52,54-57,59,65-67,69-70,74H,14-22,32-33,37-39H2,1-13H3/t43-,44-,45+,46-,47-,51+,52-,54+,55-,56-,57-,59+,60-,61-/m1/s1. The molecule has 13 heteroatoms. The zero-order valence-electron chi connectivity index (χ0n) is 47.4. The quantitative estimate of drug-likeness (QED) is 0.0475. The number of rotatable bonds is 18. The molecule has 0 unspecified atom stereocenters. The summed E-state index contributed by atoms with van der Waals surface area (Å²) < 4.78 is 18.6. The van der Waals surface area contributed by atoms with Crippen LogP contribution in [0.5, 0.6) is 0 Å². The smallest absolute Gasteiger partial charge is 0.126 e. The molecule has 14 atom stereocenters. The number of hydrogen-bond acceptors (Lipinski definition) is 11. The van der Waals surface area contributed by atoms with Gasteiger partial charge in [0, 0.05) is 18.5 Å². The Morgan fingerprint density at radius 1 is 0.770 bits per heavy atom. The molecule has 0 spiro atoms. The fraction of sp³-hybridized carbons (Fsp3) is 0.672. The van der Waals surface area contributed by atoms with Crippen LogP contribution in [0.2, 0.25) is 0 Å². The molecule has 12 nitrogen and oxygen atoms in total. The number of aliphatic hydroxyl groups is 5. The minimum absolute atomic E-state index is 0.0938. The number of cyclic esters (lactones) is 1.